The molecule has 0 aromatic heterocycles. The molecule has 0 spiro atoms. The molecule has 0 radical (unpaired) electrons. The molecular formula is C15H18ClNO4S. The molecule has 0 saturated carbocycles. The fourth-order valence-corrected chi connectivity index (χ4v) is 3.18. The van der Waals surface area contributed by atoms with Crippen molar-refractivity contribution in [2.24, 2.45) is 0 Å². The lowest BCUT2D eigenvalue weighted by molar-refractivity contribution is -0.145. The van der Waals surface area contributed by atoms with Crippen molar-refractivity contribution >= 4 is 35.2 Å². The van der Waals surface area contributed by atoms with Crippen molar-refractivity contribution in [1.29, 1.82) is 0 Å². The molecule has 1 aliphatic carbocycles. The zero-order valence-corrected chi connectivity index (χ0v) is 14.1. The highest BCUT2D eigenvalue weighted by molar-refractivity contribution is 8.04. The Morgan fingerprint density at radius 3 is 3.00 bits per heavy atom. The topological polar surface area (TPSA) is 64.6 Å². The molecule has 1 atom stereocenters. The van der Waals surface area contributed by atoms with Crippen LogP contribution in [-0.4, -0.2) is 35.7 Å². The molecule has 1 amide bonds. The van der Waals surface area contributed by atoms with Crippen molar-refractivity contribution in [2.45, 2.75) is 25.1 Å². The van der Waals surface area contributed by atoms with Gasteiger partial charge in [-0.25, -0.2) is 4.79 Å². The number of allylic oxidation sites excluding steroid dienone is 3. The van der Waals surface area contributed by atoms with Crippen LogP contribution in [0.3, 0.4) is 0 Å². The van der Waals surface area contributed by atoms with Crippen LogP contribution in [0, 0.1) is 0 Å². The fraction of sp³-hybridized carbons (Fsp3) is 0.467. The Hall–Kier alpha value is -1.40. The van der Waals surface area contributed by atoms with Gasteiger partial charge in [0.15, 0.2) is 4.87 Å². The first-order valence-electron chi connectivity index (χ1n) is 6.99. The van der Waals surface area contributed by atoms with Gasteiger partial charge in [0.05, 0.1) is 13.2 Å². The number of carbonyl (C=O) groups is 2. The Kier molecular flexibility index (Phi) is 5.58. The Morgan fingerprint density at radius 2 is 2.32 bits per heavy atom. The maximum absolute atomic E-state index is 12.3. The van der Waals surface area contributed by atoms with Gasteiger partial charge in [-0.3, -0.25) is 4.79 Å². The molecule has 1 heterocycles. The minimum Gasteiger partial charge on any atom is -0.496 e. The number of nitrogens with one attached hydrogen (secondary N) is 1. The van der Waals surface area contributed by atoms with Gasteiger partial charge >= 0.3 is 5.97 Å². The second-order valence-electron chi connectivity index (χ2n) is 4.83. The van der Waals surface area contributed by atoms with Crippen LogP contribution in [0.15, 0.2) is 34.6 Å². The summed E-state index contributed by atoms with van der Waals surface area (Å²) in [5.41, 5.74) is 0.478. The molecule has 1 N–H and O–H groups in total. The third-order valence-electron chi connectivity index (χ3n) is 3.14. The van der Waals surface area contributed by atoms with Crippen molar-refractivity contribution in [2.75, 3.05) is 19.0 Å². The van der Waals surface area contributed by atoms with Gasteiger partial charge in [-0.05, 0) is 32.4 Å². The average molecular weight is 344 g/mol. The van der Waals surface area contributed by atoms with Gasteiger partial charge in [0.25, 0.3) is 5.91 Å². The van der Waals surface area contributed by atoms with Crippen LogP contribution in [-0.2, 0) is 19.1 Å². The largest absolute Gasteiger partial charge is 0.496 e. The predicted octanol–water partition coefficient (Wildman–Crippen LogP) is 2.48. The van der Waals surface area contributed by atoms with E-state index >= 15 is 0 Å². The first-order valence-corrected chi connectivity index (χ1v) is 8.36. The van der Waals surface area contributed by atoms with E-state index in [0.717, 1.165) is 5.75 Å². The molecule has 2 rings (SSSR count). The maximum atomic E-state index is 12.3. The van der Waals surface area contributed by atoms with Crippen molar-refractivity contribution in [3.05, 3.63) is 34.6 Å². The van der Waals surface area contributed by atoms with Crippen LogP contribution < -0.4 is 5.32 Å². The number of thioether (sulfide) groups is 1. The van der Waals surface area contributed by atoms with E-state index in [-0.39, 0.29) is 12.5 Å². The molecule has 0 fully saturated rings. The second-order valence-corrected chi connectivity index (χ2v) is 6.61. The van der Waals surface area contributed by atoms with Crippen molar-refractivity contribution < 1.29 is 19.1 Å². The smallest absolute Gasteiger partial charge is 0.331 e. The summed E-state index contributed by atoms with van der Waals surface area (Å²) < 4.78 is 10.3. The van der Waals surface area contributed by atoms with Crippen molar-refractivity contribution in [1.82, 2.24) is 5.32 Å². The van der Waals surface area contributed by atoms with E-state index in [2.05, 4.69) is 5.32 Å². The lowest BCUT2D eigenvalue weighted by Crippen LogP contribution is -2.36. The van der Waals surface area contributed by atoms with E-state index in [4.69, 9.17) is 21.1 Å². The highest BCUT2D eigenvalue weighted by atomic mass is 35.5. The van der Waals surface area contributed by atoms with Crippen LogP contribution in [0.1, 0.15) is 20.3 Å². The molecular weight excluding hydrogens is 326 g/mol. The molecule has 0 saturated heterocycles. The number of carbonyl (C=O) groups excluding carboxylic acids is 2. The van der Waals surface area contributed by atoms with E-state index in [9.17, 15) is 9.59 Å². The molecule has 0 bridgehead atoms. The molecule has 22 heavy (non-hydrogen) atoms. The first-order chi connectivity index (χ1) is 10.5. The summed E-state index contributed by atoms with van der Waals surface area (Å²) in [6, 6.07) is 0. The van der Waals surface area contributed by atoms with E-state index in [1.807, 2.05) is 0 Å². The van der Waals surface area contributed by atoms with Crippen LogP contribution in [0.2, 0.25) is 0 Å². The van der Waals surface area contributed by atoms with E-state index in [0.29, 0.717) is 29.4 Å². The number of rotatable bonds is 4. The number of alkyl halides is 1. The van der Waals surface area contributed by atoms with Crippen LogP contribution in [0.5, 0.6) is 0 Å². The third-order valence-corrected chi connectivity index (χ3v) is 4.69. The highest BCUT2D eigenvalue weighted by Crippen LogP contribution is 2.30. The number of hydrogen-bond donors (Lipinski definition) is 1. The summed E-state index contributed by atoms with van der Waals surface area (Å²) in [4.78, 5) is 23.5. The molecule has 1 aliphatic heterocycles. The fourth-order valence-electron chi connectivity index (χ4n) is 2.10. The van der Waals surface area contributed by atoms with Gasteiger partial charge in [-0.2, -0.15) is 0 Å². The number of esters is 1. The Morgan fingerprint density at radius 1 is 1.55 bits per heavy atom. The van der Waals surface area contributed by atoms with Crippen LogP contribution in [0.4, 0.5) is 0 Å². The van der Waals surface area contributed by atoms with Gasteiger partial charge in [-0.1, -0.05) is 6.08 Å². The van der Waals surface area contributed by atoms with Gasteiger partial charge < -0.3 is 14.8 Å². The summed E-state index contributed by atoms with van der Waals surface area (Å²) in [5, 5.41) is 2.76. The van der Waals surface area contributed by atoms with Gasteiger partial charge in [0.2, 0.25) is 0 Å². The summed E-state index contributed by atoms with van der Waals surface area (Å²) in [7, 11) is 0. The van der Waals surface area contributed by atoms with Crippen LogP contribution >= 0.6 is 23.4 Å². The van der Waals surface area contributed by atoms with Gasteiger partial charge in [0.1, 0.15) is 10.7 Å². The third kappa shape index (κ3) is 3.87. The van der Waals surface area contributed by atoms with Crippen molar-refractivity contribution in [3.8, 4) is 0 Å². The summed E-state index contributed by atoms with van der Waals surface area (Å²) in [6.45, 7) is 4.34. The molecule has 7 heteroatoms. The predicted molar refractivity (Wildman–Crippen MR) is 86.3 cm³/mol. The standard InChI is InChI=1S/C15H18ClNO4S/c1-3-20-14(19)15(16)6-4-5-11(9-15)17-13(18)12-10(2)21-7-8-22-12/h4-5,9H,3,6-8H2,1-2H3,(H,17,18). The molecule has 5 nitrogen and oxygen atoms in total. The van der Waals surface area contributed by atoms with Gasteiger partial charge in [-0.15, -0.1) is 23.4 Å². The Bertz CT molecular complexity index is 570. The minimum absolute atomic E-state index is 0.257. The molecule has 0 aromatic rings. The quantitative estimate of drug-likeness (QED) is 0.627. The number of halogens is 1. The maximum Gasteiger partial charge on any atom is 0.331 e. The van der Waals surface area contributed by atoms with Crippen LogP contribution in [0.25, 0.3) is 0 Å². The summed E-state index contributed by atoms with van der Waals surface area (Å²) in [5.74, 6) is 0.565. The van der Waals surface area contributed by atoms with E-state index in [1.54, 1.807) is 26.0 Å². The molecule has 0 aromatic carbocycles. The number of amides is 1. The Labute approximate surface area is 138 Å². The highest BCUT2D eigenvalue weighted by Gasteiger charge is 2.36. The van der Waals surface area contributed by atoms with Crippen molar-refractivity contribution in [3.63, 3.8) is 0 Å². The lowest BCUT2D eigenvalue weighted by atomic mass is 9.98. The molecule has 120 valence electrons. The number of hydrogen-bond acceptors (Lipinski definition) is 5. The van der Waals surface area contributed by atoms with E-state index in [1.165, 1.54) is 17.8 Å². The van der Waals surface area contributed by atoms with E-state index < -0.39 is 10.8 Å². The molecule has 2 aliphatic rings. The normalized spacial score (nSPS) is 24.4. The molecule has 1 unspecified atom stereocenters. The number of ether oxygens (including phenoxy) is 2. The Balaban J connectivity index is 2.11. The van der Waals surface area contributed by atoms with Gasteiger partial charge in [0, 0.05) is 11.4 Å². The lowest BCUT2D eigenvalue weighted by Gasteiger charge is -2.24. The summed E-state index contributed by atoms with van der Waals surface area (Å²) in [6.07, 6.45) is 5.31. The average Bonchev–Trinajstić information content (AvgIpc) is 2.48. The summed E-state index contributed by atoms with van der Waals surface area (Å²) >= 11 is 7.75. The minimum atomic E-state index is -1.27. The zero-order valence-electron chi connectivity index (χ0n) is 12.5. The second kappa shape index (κ2) is 7.24. The monoisotopic (exact) mass is 343 g/mol. The first kappa shape index (κ1) is 17.0. The SMILES string of the molecule is CCOC(=O)C1(Cl)C=C(NC(=O)C2=C(C)OCCS2)C=CC1. The zero-order chi connectivity index (χ0) is 16.2.